The maximum Gasteiger partial charge on any atom is 0.163 e. The smallest absolute Gasteiger partial charge is 0.163 e. The van der Waals surface area contributed by atoms with Crippen LogP contribution in [0.5, 0.6) is 0 Å². The zero-order chi connectivity index (χ0) is 16.9. The molecule has 2 heterocycles. The highest BCUT2D eigenvalue weighted by molar-refractivity contribution is 5.87. The van der Waals surface area contributed by atoms with Crippen LogP contribution < -0.4 is 5.32 Å². The van der Waals surface area contributed by atoms with Crippen LogP contribution in [0.25, 0.3) is 10.9 Å². The molecule has 1 N–H and O–H groups in total. The number of pyridine rings is 1. The molecule has 24 heavy (non-hydrogen) atoms. The van der Waals surface area contributed by atoms with Crippen molar-refractivity contribution in [3.05, 3.63) is 35.4 Å². The largest absolute Gasteiger partial charge is 0.366 e. The van der Waals surface area contributed by atoms with E-state index in [2.05, 4.69) is 16.4 Å². The molecule has 1 saturated heterocycles. The first-order chi connectivity index (χ1) is 11.5. The molecular weight excluding hydrogens is 302 g/mol. The SMILES string of the molecule is Cc1c(C#N)c(NC2C[C@@H]3OC(C)(C)O[C@@H]3C2)nc2ccccc12. The van der Waals surface area contributed by atoms with Gasteiger partial charge in [0.25, 0.3) is 0 Å². The number of nitriles is 1. The summed E-state index contributed by atoms with van der Waals surface area (Å²) in [6.07, 6.45) is 1.97. The molecule has 0 bridgehead atoms. The minimum Gasteiger partial charge on any atom is -0.366 e. The van der Waals surface area contributed by atoms with Crippen molar-refractivity contribution >= 4 is 16.7 Å². The van der Waals surface area contributed by atoms with Gasteiger partial charge in [-0.3, -0.25) is 0 Å². The van der Waals surface area contributed by atoms with Gasteiger partial charge in [0, 0.05) is 11.4 Å². The van der Waals surface area contributed by atoms with Crippen LogP contribution >= 0.6 is 0 Å². The molecule has 1 aromatic heterocycles. The van der Waals surface area contributed by atoms with Crippen molar-refractivity contribution < 1.29 is 9.47 Å². The Hall–Kier alpha value is -2.16. The predicted molar refractivity (Wildman–Crippen MR) is 91.7 cm³/mol. The molecule has 0 amide bonds. The number of aromatic nitrogens is 1. The second kappa shape index (κ2) is 5.44. The second-order valence-electron chi connectivity index (χ2n) is 7.11. The van der Waals surface area contributed by atoms with E-state index in [9.17, 15) is 5.26 Å². The van der Waals surface area contributed by atoms with Crippen molar-refractivity contribution in [1.82, 2.24) is 4.98 Å². The zero-order valence-corrected chi connectivity index (χ0v) is 14.2. The molecule has 124 valence electrons. The molecule has 1 aliphatic carbocycles. The van der Waals surface area contributed by atoms with Crippen molar-refractivity contribution in [3.8, 4) is 6.07 Å². The van der Waals surface area contributed by atoms with Gasteiger partial charge in [-0.25, -0.2) is 4.98 Å². The quantitative estimate of drug-likeness (QED) is 0.916. The average molecular weight is 323 g/mol. The number of anilines is 1. The molecule has 2 aromatic rings. The van der Waals surface area contributed by atoms with Crippen LogP contribution in [0.15, 0.2) is 24.3 Å². The molecule has 1 aromatic carbocycles. The van der Waals surface area contributed by atoms with E-state index in [4.69, 9.17) is 9.47 Å². The molecule has 2 fully saturated rings. The lowest BCUT2D eigenvalue weighted by Crippen LogP contribution is -2.26. The summed E-state index contributed by atoms with van der Waals surface area (Å²) in [5, 5.41) is 14.1. The Morgan fingerprint density at radius 2 is 1.88 bits per heavy atom. The van der Waals surface area contributed by atoms with Crippen molar-refractivity contribution in [2.24, 2.45) is 0 Å². The summed E-state index contributed by atoms with van der Waals surface area (Å²) in [6, 6.07) is 10.4. The number of hydrogen-bond donors (Lipinski definition) is 1. The van der Waals surface area contributed by atoms with Crippen LogP contribution in [0.3, 0.4) is 0 Å². The van der Waals surface area contributed by atoms with Gasteiger partial charge in [0.05, 0.1) is 23.3 Å². The van der Waals surface area contributed by atoms with Crippen LogP contribution in [0.4, 0.5) is 5.82 Å². The standard InChI is InChI=1S/C19H21N3O2/c1-11-13-6-4-5-7-15(13)22-18(14(11)10-20)21-12-8-16-17(9-12)24-19(2,3)23-16/h4-7,12,16-17H,8-9H2,1-3H3,(H,21,22)/t12?,16-,17+. The molecule has 2 aliphatic rings. The Bertz CT molecular complexity index is 824. The topological polar surface area (TPSA) is 67.2 Å². The van der Waals surface area contributed by atoms with Crippen LogP contribution in [-0.2, 0) is 9.47 Å². The van der Waals surface area contributed by atoms with E-state index in [1.807, 2.05) is 45.0 Å². The normalized spacial score (nSPS) is 27.8. The summed E-state index contributed by atoms with van der Waals surface area (Å²) >= 11 is 0. The van der Waals surface area contributed by atoms with E-state index < -0.39 is 5.79 Å². The third-order valence-corrected chi connectivity index (χ3v) is 4.92. The van der Waals surface area contributed by atoms with Gasteiger partial charge in [-0.15, -0.1) is 0 Å². The fraction of sp³-hybridized carbons (Fsp3) is 0.474. The molecule has 1 unspecified atom stereocenters. The molecule has 1 aliphatic heterocycles. The van der Waals surface area contributed by atoms with Crippen molar-refractivity contribution in [2.75, 3.05) is 5.32 Å². The number of ether oxygens (including phenoxy) is 2. The monoisotopic (exact) mass is 323 g/mol. The number of fused-ring (bicyclic) bond motifs is 2. The van der Waals surface area contributed by atoms with Gasteiger partial charge in [0.15, 0.2) is 5.79 Å². The zero-order valence-electron chi connectivity index (χ0n) is 14.2. The van der Waals surface area contributed by atoms with Gasteiger partial charge in [-0.05, 0) is 45.2 Å². The molecular formula is C19H21N3O2. The first-order valence-corrected chi connectivity index (χ1v) is 8.38. The van der Waals surface area contributed by atoms with E-state index in [0.717, 1.165) is 29.3 Å². The molecule has 1 saturated carbocycles. The maximum absolute atomic E-state index is 9.58. The fourth-order valence-electron chi connectivity index (χ4n) is 3.89. The number of nitrogens with one attached hydrogen (secondary N) is 1. The number of hydrogen-bond acceptors (Lipinski definition) is 5. The number of para-hydroxylation sites is 1. The van der Waals surface area contributed by atoms with Crippen LogP contribution in [0, 0.1) is 18.3 Å². The average Bonchev–Trinajstić information content (AvgIpc) is 3.00. The van der Waals surface area contributed by atoms with Gasteiger partial charge in [-0.1, -0.05) is 18.2 Å². The van der Waals surface area contributed by atoms with Gasteiger partial charge in [-0.2, -0.15) is 5.26 Å². The number of benzene rings is 1. The lowest BCUT2D eigenvalue weighted by Gasteiger charge is -2.22. The summed E-state index contributed by atoms with van der Waals surface area (Å²) in [4.78, 5) is 4.68. The highest BCUT2D eigenvalue weighted by Gasteiger charge is 2.47. The Kier molecular flexibility index (Phi) is 3.48. The summed E-state index contributed by atoms with van der Waals surface area (Å²) in [5.74, 6) is 0.175. The molecule has 4 rings (SSSR count). The minimum atomic E-state index is -0.490. The second-order valence-corrected chi connectivity index (χ2v) is 7.11. The first-order valence-electron chi connectivity index (χ1n) is 8.38. The van der Waals surface area contributed by atoms with Crippen molar-refractivity contribution in [2.45, 2.75) is 57.6 Å². The summed E-state index contributed by atoms with van der Waals surface area (Å²) in [5.41, 5.74) is 2.49. The lowest BCUT2D eigenvalue weighted by atomic mass is 10.0. The third-order valence-electron chi connectivity index (χ3n) is 4.92. The Morgan fingerprint density at radius 3 is 2.54 bits per heavy atom. The lowest BCUT2D eigenvalue weighted by molar-refractivity contribution is -0.151. The van der Waals surface area contributed by atoms with Crippen LogP contribution in [0.1, 0.15) is 37.8 Å². The van der Waals surface area contributed by atoms with E-state index in [-0.39, 0.29) is 18.2 Å². The summed E-state index contributed by atoms with van der Waals surface area (Å²) in [6.45, 7) is 5.89. The number of rotatable bonds is 2. The van der Waals surface area contributed by atoms with E-state index in [1.165, 1.54) is 0 Å². The van der Waals surface area contributed by atoms with Gasteiger partial charge in [0.1, 0.15) is 11.9 Å². The fourth-order valence-corrected chi connectivity index (χ4v) is 3.89. The number of aryl methyl sites for hydroxylation is 1. The Balaban J connectivity index is 1.61. The van der Waals surface area contributed by atoms with Gasteiger partial charge >= 0.3 is 0 Å². The van der Waals surface area contributed by atoms with Crippen molar-refractivity contribution in [1.29, 1.82) is 5.26 Å². The van der Waals surface area contributed by atoms with Crippen LogP contribution in [0.2, 0.25) is 0 Å². The van der Waals surface area contributed by atoms with E-state index in [0.29, 0.717) is 11.4 Å². The molecule has 5 heteroatoms. The summed E-state index contributed by atoms with van der Waals surface area (Å²) in [7, 11) is 0. The van der Waals surface area contributed by atoms with Gasteiger partial charge < -0.3 is 14.8 Å². The molecule has 0 spiro atoms. The van der Waals surface area contributed by atoms with Crippen molar-refractivity contribution in [3.63, 3.8) is 0 Å². The highest BCUT2D eigenvalue weighted by Crippen LogP contribution is 2.39. The first kappa shape index (κ1) is 15.4. The number of nitrogens with zero attached hydrogens (tertiary/aromatic N) is 2. The molecule has 3 atom stereocenters. The third kappa shape index (κ3) is 2.52. The highest BCUT2D eigenvalue weighted by atomic mass is 16.8. The Morgan fingerprint density at radius 1 is 1.21 bits per heavy atom. The minimum absolute atomic E-state index is 0.115. The molecule has 0 radical (unpaired) electrons. The van der Waals surface area contributed by atoms with Crippen LogP contribution in [-0.4, -0.2) is 29.0 Å². The summed E-state index contributed by atoms with van der Waals surface area (Å²) < 4.78 is 11.9. The Labute approximate surface area is 141 Å². The molecule has 5 nitrogen and oxygen atoms in total. The van der Waals surface area contributed by atoms with Gasteiger partial charge in [0.2, 0.25) is 0 Å². The predicted octanol–water partition coefficient (Wildman–Crippen LogP) is 3.51. The maximum atomic E-state index is 9.58. The van der Waals surface area contributed by atoms with E-state index in [1.54, 1.807) is 0 Å². The van der Waals surface area contributed by atoms with E-state index >= 15 is 0 Å².